The first kappa shape index (κ1) is 14.9. The summed E-state index contributed by atoms with van der Waals surface area (Å²) in [6.07, 6.45) is 2.37. The van der Waals surface area contributed by atoms with Crippen molar-refractivity contribution in [1.82, 2.24) is 5.32 Å². The predicted octanol–water partition coefficient (Wildman–Crippen LogP) is 5.24. The summed E-state index contributed by atoms with van der Waals surface area (Å²) in [5.74, 6) is 0. The Morgan fingerprint density at radius 2 is 2.11 bits per heavy atom. The van der Waals surface area contributed by atoms with E-state index in [2.05, 4.69) is 28.2 Å². The standard InChI is InChI=1S/C14H14BrCl2NO/c1-2-18-13(11-5-6-19-14(11)17)7-9-3-4-10(15)8-12(9)16/h3-6,8,13,18H,2,7H2,1H3. The first-order valence-corrected chi connectivity index (χ1v) is 7.57. The van der Waals surface area contributed by atoms with Gasteiger partial charge in [0.25, 0.3) is 0 Å². The van der Waals surface area contributed by atoms with Crippen molar-refractivity contribution in [3.8, 4) is 0 Å². The molecule has 0 saturated carbocycles. The molecule has 2 nitrogen and oxygen atoms in total. The van der Waals surface area contributed by atoms with E-state index in [-0.39, 0.29) is 6.04 Å². The molecule has 0 aliphatic rings. The van der Waals surface area contributed by atoms with Crippen molar-refractivity contribution in [3.05, 3.63) is 56.4 Å². The smallest absolute Gasteiger partial charge is 0.197 e. The van der Waals surface area contributed by atoms with Crippen LogP contribution in [-0.4, -0.2) is 6.54 Å². The number of benzene rings is 1. The van der Waals surface area contributed by atoms with Crippen LogP contribution in [0.4, 0.5) is 0 Å². The molecule has 0 radical (unpaired) electrons. The third-order valence-electron chi connectivity index (χ3n) is 2.91. The summed E-state index contributed by atoms with van der Waals surface area (Å²) in [6, 6.07) is 7.89. The van der Waals surface area contributed by atoms with Gasteiger partial charge in [0.1, 0.15) is 0 Å². The minimum Gasteiger partial charge on any atom is -0.453 e. The van der Waals surface area contributed by atoms with E-state index < -0.39 is 0 Å². The van der Waals surface area contributed by atoms with Crippen LogP contribution in [0.1, 0.15) is 24.1 Å². The summed E-state index contributed by atoms with van der Waals surface area (Å²) >= 11 is 15.7. The molecule has 0 fully saturated rings. The molecule has 2 aromatic rings. The van der Waals surface area contributed by atoms with Gasteiger partial charge in [0, 0.05) is 21.1 Å². The van der Waals surface area contributed by atoms with Gasteiger partial charge < -0.3 is 9.73 Å². The molecular formula is C14H14BrCl2NO. The Bertz CT molecular complexity index is 556. The summed E-state index contributed by atoms with van der Waals surface area (Å²) in [5.41, 5.74) is 2.04. The molecule has 2 rings (SSSR count). The Labute approximate surface area is 131 Å². The van der Waals surface area contributed by atoms with Crippen LogP contribution in [0.3, 0.4) is 0 Å². The molecule has 1 heterocycles. The zero-order valence-corrected chi connectivity index (χ0v) is 13.5. The van der Waals surface area contributed by atoms with Crippen LogP contribution in [0.15, 0.2) is 39.4 Å². The number of hydrogen-bond acceptors (Lipinski definition) is 2. The number of nitrogens with one attached hydrogen (secondary N) is 1. The van der Waals surface area contributed by atoms with Crippen molar-refractivity contribution in [2.24, 2.45) is 0 Å². The molecule has 1 atom stereocenters. The molecule has 5 heteroatoms. The first-order valence-electron chi connectivity index (χ1n) is 6.02. The summed E-state index contributed by atoms with van der Waals surface area (Å²) < 4.78 is 6.14. The largest absolute Gasteiger partial charge is 0.453 e. The minimum absolute atomic E-state index is 0.0925. The van der Waals surface area contributed by atoms with Gasteiger partial charge in [0.05, 0.1) is 6.26 Å². The lowest BCUT2D eigenvalue weighted by Crippen LogP contribution is -2.22. The summed E-state index contributed by atoms with van der Waals surface area (Å²) in [5, 5.41) is 4.58. The number of hydrogen-bond donors (Lipinski definition) is 1. The third kappa shape index (κ3) is 3.76. The highest BCUT2D eigenvalue weighted by atomic mass is 79.9. The molecule has 0 spiro atoms. The minimum atomic E-state index is 0.0925. The van der Waals surface area contributed by atoms with Crippen molar-refractivity contribution in [3.63, 3.8) is 0 Å². The van der Waals surface area contributed by atoms with Crippen LogP contribution in [0.25, 0.3) is 0 Å². The molecule has 0 bridgehead atoms. The lowest BCUT2D eigenvalue weighted by atomic mass is 10.0. The summed E-state index contributed by atoms with van der Waals surface area (Å²) in [7, 11) is 0. The Morgan fingerprint density at radius 1 is 1.32 bits per heavy atom. The maximum Gasteiger partial charge on any atom is 0.197 e. The molecule has 1 aromatic heterocycles. The molecule has 0 saturated heterocycles. The SMILES string of the molecule is CCNC(Cc1ccc(Br)cc1Cl)c1ccoc1Cl. The Balaban J connectivity index is 2.24. The van der Waals surface area contributed by atoms with Crippen LogP contribution >= 0.6 is 39.1 Å². The lowest BCUT2D eigenvalue weighted by molar-refractivity contribution is 0.526. The number of furan rings is 1. The second-order valence-electron chi connectivity index (χ2n) is 4.20. The van der Waals surface area contributed by atoms with Gasteiger partial charge in [0.15, 0.2) is 5.22 Å². The zero-order valence-electron chi connectivity index (χ0n) is 10.4. The van der Waals surface area contributed by atoms with Gasteiger partial charge in [-0.25, -0.2) is 0 Å². The predicted molar refractivity (Wildman–Crippen MR) is 83.0 cm³/mol. The average Bonchev–Trinajstić information content (AvgIpc) is 2.78. The van der Waals surface area contributed by atoms with Crippen molar-refractivity contribution < 1.29 is 4.42 Å². The second-order valence-corrected chi connectivity index (χ2v) is 5.87. The molecular weight excluding hydrogens is 349 g/mol. The molecule has 0 aliphatic heterocycles. The van der Waals surface area contributed by atoms with Crippen molar-refractivity contribution in [2.45, 2.75) is 19.4 Å². The van der Waals surface area contributed by atoms with Gasteiger partial charge >= 0.3 is 0 Å². The van der Waals surface area contributed by atoms with Gasteiger partial charge in [0.2, 0.25) is 0 Å². The van der Waals surface area contributed by atoms with Gasteiger partial charge in [-0.15, -0.1) is 0 Å². The summed E-state index contributed by atoms with van der Waals surface area (Å²) in [4.78, 5) is 0. The van der Waals surface area contributed by atoms with E-state index in [9.17, 15) is 0 Å². The fraction of sp³-hybridized carbons (Fsp3) is 0.286. The highest BCUT2D eigenvalue weighted by molar-refractivity contribution is 9.10. The number of likely N-dealkylation sites (N-methyl/N-ethyl adjacent to an activating group) is 1. The molecule has 102 valence electrons. The van der Waals surface area contributed by atoms with Gasteiger partial charge in [-0.05, 0) is 48.3 Å². The maximum atomic E-state index is 6.26. The van der Waals surface area contributed by atoms with Crippen molar-refractivity contribution in [2.75, 3.05) is 6.54 Å². The fourth-order valence-electron chi connectivity index (χ4n) is 2.00. The van der Waals surface area contributed by atoms with Gasteiger partial charge in [-0.2, -0.15) is 0 Å². The van der Waals surface area contributed by atoms with Gasteiger partial charge in [-0.3, -0.25) is 0 Å². The van der Waals surface area contributed by atoms with E-state index in [1.54, 1.807) is 6.26 Å². The summed E-state index contributed by atoms with van der Waals surface area (Å²) in [6.45, 7) is 2.91. The highest BCUT2D eigenvalue weighted by Gasteiger charge is 2.17. The highest BCUT2D eigenvalue weighted by Crippen LogP contribution is 2.30. The van der Waals surface area contributed by atoms with E-state index in [0.717, 1.165) is 33.6 Å². The second kappa shape index (κ2) is 6.80. The molecule has 1 N–H and O–H groups in total. The Kier molecular flexibility index (Phi) is 5.34. The molecule has 0 amide bonds. The number of rotatable bonds is 5. The van der Waals surface area contributed by atoms with E-state index in [0.29, 0.717) is 5.22 Å². The normalized spacial score (nSPS) is 12.6. The van der Waals surface area contributed by atoms with E-state index in [4.69, 9.17) is 27.6 Å². The first-order chi connectivity index (χ1) is 9.11. The average molecular weight is 363 g/mol. The lowest BCUT2D eigenvalue weighted by Gasteiger charge is -2.17. The van der Waals surface area contributed by atoms with E-state index in [1.807, 2.05) is 24.3 Å². The maximum absolute atomic E-state index is 6.26. The van der Waals surface area contributed by atoms with Gasteiger partial charge in [-0.1, -0.05) is 40.5 Å². The Morgan fingerprint density at radius 3 is 2.68 bits per heavy atom. The molecule has 19 heavy (non-hydrogen) atoms. The van der Waals surface area contributed by atoms with Crippen LogP contribution in [-0.2, 0) is 6.42 Å². The van der Waals surface area contributed by atoms with E-state index >= 15 is 0 Å². The van der Waals surface area contributed by atoms with Crippen LogP contribution in [0.5, 0.6) is 0 Å². The van der Waals surface area contributed by atoms with Crippen LogP contribution in [0, 0.1) is 0 Å². The molecule has 1 unspecified atom stereocenters. The number of halogens is 3. The third-order valence-corrected chi connectivity index (χ3v) is 4.06. The quantitative estimate of drug-likeness (QED) is 0.786. The van der Waals surface area contributed by atoms with E-state index in [1.165, 1.54) is 0 Å². The fourth-order valence-corrected chi connectivity index (χ4v) is 3.00. The van der Waals surface area contributed by atoms with Crippen LogP contribution in [0.2, 0.25) is 10.2 Å². The Hall–Kier alpha value is -0.480. The zero-order chi connectivity index (χ0) is 13.8. The van der Waals surface area contributed by atoms with Crippen molar-refractivity contribution >= 4 is 39.1 Å². The molecule has 1 aromatic carbocycles. The van der Waals surface area contributed by atoms with Crippen LogP contribution < -0.4 is 5.32 Å². The monoisotopic (exact) mass is 361 g/mol. The molecule has 0 aliphatic carbocycles. The van der Waals surface area contributed by atoms with Crippen molar-refractivity contribution in [1.29, 1.82) is 0 Å². The topological polar surface area (TPSA) is 25.2 Å².